The first-order valence-corrected chi connectivity index (χ1v) is 32.4. The summed E-state index contributed by atoms with van der Waals surface area (Å²) in [4.78, 5) is 0. The number of rotatable bonds is 28. The molecule has 0 saturated heterocycles. The Bertz CT molecular complexity index is 826. The second kappa shape index (κ2) is 40.1. The van der Waals surface area contributed by atoms with Crippen LogP contribution in [0.25, 0.3) is 0 Å². The Kier molecular flexibility index (Phi) is 45.0. The van der Waals surface area contributed by atoms with E-state index in [0.717, 1.165) is 43.4 Å². The SMILES string of the molecule is CCCC[Si](CCCC)(OC)OC.CCO[Si](CC(C)C)(CC(C)C)OCC.CO[SiH](CC(C)C)OC.CO[Si](OC)(OC)C(C)C.CO[Si](OC)(OC)C1CCCC1. The van der Waals surface area contributed by atoms with Crippen LogP contribution in [0.1, 0.15) is 134 Å². The second-order valence-electron chi connectivity index (χ2n) is 16.6. The number of hydrogen-bond donors (Lipinski definition) is 0. The summed E-state index contributed by atoms with van der Waals surface area (Å²) in [6.07, 6.45) is 9.89. The maximum Gasteiger partial charge on any atom is 0.503 e. The van der Waals surface area contributed by atoms with E-state index >= 15 is 0 Å². The summed E-state index contributed by atoms with van der Waals surface area (Å²) < 4.78 is 65.3. The highest BCUT2D eigenvalue weighted by Gasteiger charge is 2.48. The van der Waals surface area contributed by atoms with E-state index in [2.05, 4.69) is 69.2 Å². The predicted octanol–water partition coefficient (Wildman–Crippen LogP) is 11.4. The van der Waals surface area contributed by atoms with Crippen molar-refractivity contribution in [2.75, 3.05) is 84.3 Å². The van der Waals surface area contributed by atoms with E-state index in [9.17, 15) is 0 Å². The van der Waals surface area contributed by atoms with Gasteiger partial charge < -0.3 is 53.1 Å². The molecule has 0 amide bonds. The van der Waals surface area contributed by atoms with E-state index in [1.807, 2.05) is 13.8 Å². The highest BCUT2D eigenvalue weighted by molar-refractivity contribution is 6.68. The molecule has 12 nitrogen and oxygen atoms in total. The van der Waals surface area contributed by atoms with Crippen LogP contribution >= 0.6 is 0 Å². The predicted molar refractivity (Wildman–Crippen MR) is 259 cm³/mol. The zero-order chi connectivity index (χ0) is 46.6. The van der Waals surface area contributed by atoms with E-state index in [4.69, 9.17) is 53.1 Å². The fraction of sp³-hybridized carbons (Fsp3) is 1.00. The zero-order valence-corrected chi connectivity index (χ0v) is 48.1. The van der Waals surface area contributed by atoms with Gasteiger partial charge in [-0.15, -0.1) is 0 Å². The third-order valence-electron chi connectivity index (χ3n) is 10.3. The molecule has 1 aliphatic rings. The van der Waals surface area contributed by atoms with Crippen molar-refractivity contribution in [1.82, 2.24) is 0 Å². The van der Waals surface area contributed by atoms with Crippen LogP contribution in [0, 0.1) is 17.8 Å². The van der Waals surface area contributed by atoms with Crippen LogP contribution in [0.3, 0.4) is 0 Å². The van der Waals surface area contributed by atoms with Gasteiger partial charge in [-0.1, -0.05) is 108 Å². The molecule has 0 bridgehead atoms. The van der Waals surface area contributed by atoms with Crippen LogP contribution in [0.5, 0.6) is 0 Å². The topological polar surface area (TPSA) is 111 Å². The Hall–Kier alpha value is 0.604. The molecule has 362 valence electrons. The molecule has 0 atom stereocenters. The Morgan fingerprint density at radius 1 is 0.492 bits per heavy atom. The Morgan fingerprint density at radius 2 is 0.864 bits per heavy atom. The molecule has 0 aromatic rings. The first-order chi connectivity index (χ1) is 27.8. The summed E-state index contributed by atoms with van der Waals surface area (Å²) in [5.41, 5.74) is 0.838. The van der Waals surface area contributed by atoms with Crippen LogP contribution in [-0.4, -0.2) is 128 Å². The zero-order valence-electron chi connectivity index (χ0n) is 43.0. The average Bonchev–Trinajstić information content (AvgIpc) is 3.75. The van der Waals surface area contributed by atoms with Crippen LogP contribution in [-0.2, 0) is 53.1 Å². The molecular weight excluding hydrogens is 837 g/mol. The van der Waals surface area contributed by atoms with Crippen molar-refractivity contribution < 1.29 is 53.1 Å². The van der Waals surface area contributed by atoms with Gasteiger partial charge >= 0.3 is 44.0 Å². The standard InChI is InChI=1S/C12H28O2Si.C10H24O2Si.C8H18O3Si.C6H16O3Si.C6H16O2Si/c1-7-13-15(14-8-2,9-11(3)4)10-12(5)6;1-5-7-9-13(11-3,12-4)10-8-6-2;1-9-12(10-2,11-3)8-6-4-5-7-8;1-6(2)10(7-3,8-4)9-5;1-6(2)5-9(7-3)8-4/h11-12H,7-10H2,1-6H3;5-10H2,1-4H3;8H,4-7H2,1-3H3;6H,1-5H3;6,9H,5H2,1-4H3. The Balaban J connectivity index is -0.000000324. The molecule has 1 rings (SSSR count). The summed E-state index contributed by atoms with van der Waals surface area (Å²) in [6.45, 7) is 27.6. The monoisotopic (exact) mass is 939 g/mol. The van der Waals surface area contributed by atoms with Gasteiger partial charge in [-0.25, -0.2) is 0 Å². The van der Waals surface area contributed by atoms with Crippen LogP contribution in [0.15, 0.2) is 0 Å². The Morgan fingerprint density at radius 3 is 1.05 bits per heavy atom. The number of unbranched alkanes of at least 4 members (excludes halogenated alkanes) is 2. The minimum Gasteiger partial charge on any atom is -0.400 e. The van der Waals surface area contributed by atoms with E-state index in [-0.39, 0.29) is 0 Å². The lowest BCUT2D eigenvalue weighted by Crippen LogP contribution is -2.46. The van der Waals surface area contributed by atoms with Crippen LogP contribution < -0.4 is 0 Å². The quantitative estimate of drug-likeness (QED) is 0.0697. The van der Waals surface area contributed by atoms with Crippen LogP contribution in [0.2, 0.25) is 41.3 Å². The van der Waals surface area contributed by atoms with Gasteiger partial charge in [0.2, 0.25) is 0 Å². The van der Waals surface area contributed by atoms with Gasteiger partial charge in [0, 0.05) is 95.4 Å². The highest BCUT2D eigenvalue weighted by atomic mass is 28.4. The minimum absolute atomic E-state index is 0.312. The smallest absolute Gasteiger partial charge is 0.400 e. The van der Waals surface area contributed by atoms with Gasteiger partial charge in [-0.2, -0.15) is 0 Å². The van der Waals surface area contributed by atoms with Gasteiger partial charge in [0.05, 0.1) is 0 Å². The fourth-order valence-electron chi connectivity index (χ4n) is 7.30. The molecule has 0 aliphatic heterocycles. The van der Waals surface area contributed by atoms with Gasteiger partial charge in [-0.05, 0) is 74.7 Å². The average molecular weight is 940 g/mol. The van der Waals surface area contributed by atoms with Gasteiger partial charge in [0.15, 0.2) is 0 Å². The molecule has 0 N–H and O–H groups in total. The summed E-state index contributed by atoms with van der Waals surface area (Å²) in [7, 11) is 7.48. The molecule has 0 spiro atoms. The molecular formula is C42H102O12Si5. The molecule has 0 aromatic carbocycles. The van der Waals surface area contributed by atoms with Crippen molar-refractivity contribution in [3.8, 4) is 0 Å². The number of hydrogen-bond acceptors (Lipinski definition) is 12. The van der Waals surface area contributed by atoms with Crippen LogP contribution in [0.4, 0.5) is 0 Å². The first kappa shape index (κ1) is 66.2. The van der Waals surface area contributed by atoms with Crippen molar-refractivity contribution in [3.05, 3.63) is 0 Å². The maximum absolute atomic E-state index is 6.01. The lowest BCUT2D eigenvalue weighted by atomic mass is 10.3. The van der Waals surface area contributed by atoms with E-state index in [1.165, 1.54) is 51.4 Å². The molecule has 17 heteroatoms. The van der Waals surface area contributed by atoms with Gasteiger partial charge in [0.1, 0.15) is 0 Å². The summed E-state index contributed by atoms with van der Waals surface area (Å²) in [5, 5.41) is 0. The summed E-state index contributed by atoms with van der Waals surface area (Å²) in [5.74, 6) is 2.02. The maximum atomic E-state index is 6.01. The van der Waals surface area contributed by atoms with Gasteiger partial charge in [0.25, 0.3) is 0 Å². The third-order valence-corrected chi connectivity index (χ3v) is 27.3. The molecule has 1 fully saturated rings. The fourth-order valence-corrected chi connectivity index (χ4v) is 20.5. The molecule has 0 heterocycles. The van der Waals surface area contributed by atoms with E-state index in [1.54, 1.807) is 71.1 Å². The molecule has 0 unspecified atom stereocenters. The van der Waals surface area contributed by atoms with Crippen molar-refractivity contribution in [2.45, 2.75) is 176 Å². The molecule has 1 aliphatic carbocycles. The van der Waals surface area contributed by atoms with E-state index < -0.39 is 44.0 Å². The summed E-state index contributed by atoms with van der Waals surface area (Å²) >= 11 is 0. The lowest BCUT2D eigenvalue weighted by molar-refractivity contribution is 0.111. The summed E-state index contributed by atoms with van der Waals surface area (Å²) in [6, 6.07) is 5.64. The minimum atomic E-state index is -2.29. The molecule has 0 aromatic heterocycles. The molecule has 59 heavy (non-hydrogen) atoms. The molecule has 0 radical (unpaired) electrons. The highest BCUT2D eigenvalue weighted by Crippen LogP contribution is 2.39. The van der Waals surface area contributed by atoms with Crippen molar-refractivity contribution >= 4 is 44.0 Å². The third kappa shape index (κ3) is 29.6. The van der Waals surface area contributed by atoms with Crippen molar-refractivity contribution in [3.63, 3.8) is 0 Å². The largest absolute Gasteiger partial charge is 0.503 e. The normalized spacial score (nSPS) is 13.9. The van der Waals surface area contributed by atoms with Crippen molar-refractivity contribution in [1.29, 1.82) is 0 Å². The first-order valence-electron chi connectivity index (χ1n) is 22.6. The lowest BCUT2D eigenvalue weighted by Gasteiger charge is -2.32. The second-order valence-corrected chi connectivity index (χ2v) is 32.6. The van der Waals surface area contributed by atoms with Crippen molar-refractivity contribution in [2.24, 2.45) is 17.8 Å². The van der Waals surface area contributed by atoms with Gasteiger partial charge in [-0.3, -0.25) is 0 Å². The Labute approximate surface area is 373 Å². The molecule has 1 saturated carbocycles. The van der Waals surface area contributed by atoms with E-state index in [0.29, 0.717) is 28.8 Å².